The van der Waals surface area contributed by atoms with E-state index in [0.717, 1.165) is 5.82 Å². The van der Waals surface area contributed by atoms with Crippen molar-refractivity contribution in [3.8, 4) is 0 Å². The number of hydrogen-bond donors (Lipinski definition) is 1. The number of pyridine rings is 1. The van der Waals surface area contributed by atoms with Crippen LogP contribution in [0.4, 0.5) is 22.2 Å². The fraction of sp³-hybridized carbons (Fsp3) is 0.421. The largest absolute Gasteiger partial charge is 0.448 e. The summed E-state index contributed by atoms with van der Waals surface area (Å²) in [7, 11) is 0. The average molecular weight is 397 g/mol. The molecule has 0 atom stereocenters. The van der Waals surface area contributed by atoms with Gasteiger partial charge in [-0.3, -0.25) is 9.69 Å². The van der Waals surface area contributed by atoms with Gasteiger partial charge in [-0.05, 0) is 19.1 Å². The molecule has 0 aliphatic carbocycles. The highest BCUT2D eigenvalue weighted by molar-refractivity contribution is 5.83. The second-order valence-corrected chi connectivity index (χ2v) is 6.90. The molecule has 0 aromatic carbocycles. The Morgan fingerprint density at radius 1 is 1.14 bits per heavy atom. The third-order valence-electron chi connectivity index (χ3n) is 4.87. The SMILES string of the molecule is Cc1nc(Nc2ccccn2)cc(N2CCN(C(=O)CN3CCOC3=O)CC2)n1. The minimum atomic E-state index is -0.415. The van der Waals surface area contributed by atoms with Gasteiger partial charge in [0.2, 0.25) is 5.91 Å². The van der Waals surface area contributed by atoms with E-state index in [1.165, 1.54) is 4.90 Å². The summed E-state index contributed by atoms with van der Waals surface area (Å²) >= 11 is 0. The van der Waals surface area contributed by atoms with Gasteiger partial charge in [-0.15, -0.1) is 0 Å². The first kappa shape index (κ1) is 18.9. The molecule has 0 radical (unpaired) electrons. The normalized spacial score (nSPS) is 16.7. The molecule has 2 fully saturated rings. The lowest BCUT2D eigenvalue weighted by atomic mass is 10.3. The van der Waals surface area contributed by atoms with E-state index in [1.807, 2.05) is 31.2 Å². The Morgan fingerprint density at radius 3 is 2.66 bits per heavy atom. The Labute approximate surface area is 168 Å². The molecule has 0 unspecified atom stereocenters. The second kappa shape index (κ2) is 8.29. The number of carbonyl (C=O) groups excluding carboxylic acids is 2. The molecule has 4 rings (SSSR count). The van der Waals surface area contributed by atoms with Gasteiger partial charge in [0, 0.05) is 38.4 Å². The molecule has 2 saturated heterocycles. The molecule has 152 valence electrons. The summed E-state index contributed by atoms with van der Waals surface area (Å²) in [6, 6.07) is 7.52. The average Bonchev–Trinajstić information content (AvgIpc) is 3.13. The molecule has 4 heterocycles. The third-order valence-corrected chi connectivity index (χ3v) is 4.87. The molecule has 10 nitrogen and oxygen atoms in total. The van der Waals surface area contributed by atoms with Crippen LogP contribution in [-0.2, 0) is 9.53 Å². The van der Waals surface area contributed by atoms with Gasteiger partial charge in [0.15, 0.2) is 0 Å². The van der Waals surface area contributed by atoms with Gasteiger partial charge in [-0.25, -0.2) is 19.7 Å². The van der Waals surface area contributed by atoms with Crippen molar-refractivity contribution >= 4 is 29.5 Å². The number of rotatable bonds is 5. The van der Waals surface area contributed by atoms with Crippen LogP contribution in [0.1, 0.15) is 5.82 Å². The summed E-state index contributed by atoms with van der Waals surface area (Å²) in [5, 5.41) is 3.19. The summed E-state index contributed by atoms with van der Waals surface area (Å²) in [5.74, 6) is 2.81. The minimum Gasteiger partial charge on any atom is -0.448 e. The van der Waals surface area contributed by atoms with E-state index in [9.17, 15) is 9.59 Å². The maximum Gasteiger partial charge on any atom is 0.410 e. The zero-order chi connectivity index (χ0) is 20.2. The number of piperazine rings is 1. The van der Waals surface area contributed by atoms with Crippen molar-refractivity contribution in [1.29, 1.82) is 0 Å². The number of carbonyl (C=O) groups is 2. The van der Waals surface area contributed by atoms with Gasteiger partial charge in [-0.2, -0.15) is 0 Å². The Morgan fingerprint density at radius 2 is 1.97 bits per heavy atom. The Bertz CT molecular complexity index is 885. The second-order valence-electron chi connectivity index (χ2n) is 6.90. The summed E-state index contributed by atoms with van der Waals surface area (Å²) < 4.78 is 4.88. The number of nitrogens with zero attached hydrogens (tertiary/aromatic N) is 6. The van der Waals surface area contributed by atoms with Crippen molar-refractivity contribution in [3.05, 3.63) is 36.3 Å². The van der Waals surface area contributed by atoms with Crippen molar-refractivity contribution in [2.75, 3.05) is 56.1 Å². The number of anilines is 3. The smallest absolute Gasteiger partial charge is 0.410 e. The molecule has 1 N–H and O–H groups in total. The van der Waals surface area contributed by atoms with E-state index < -0.39 is 6.09 Å². The van der Waals surface area contributed by atoms with Crippen molar-refractivity contribution < 1.29 is 14.3 Å². The van der Waals surface area contributed by atoms with Crippen LogP contribution < -0.4 is 10.2 Å². The van der Waals surface area contributed by atoms with Crippen LogP contribution in [0, 0.1) is 6.92 Å². The molecule has 10 heteroatoms. The molecule has 2 aromatic heterocycles. The third kappa shape index (κ3) is 4.53. The van der Waals surface area contributed by atoms with Gasteiger partial charge in [0.25, 0.3) is 0 Å². The molecule has 0 saturated carbocycles. The Hall–Kier alpha value is -3.43. The van der Waals surface area contributed by atoms with Crippen LogP contribution in [0.2, 0.25) is 0 Å². The summed E-state index contributed by atoms with van der Waals surface area (Å²) in [6.07, 6.45) is 1.30. The van der Waals surface area contributed by atoms with Gasteiger partial charge in [0.1, 0.15) is 36.4 Å². The zero-order valence-electron chi connectivity index (χ0n) is 16.2. The van der Waals surface area contributed by atoms with Crippen molar-refractivity contribution in [1.82, 2.24) is 24.8 Å². The van der Waals surface area contributed by atoms with Gasteiger partial charge < -0.3 is 19.9 Å². The number of cyclic esters (lactones) is 1. The van der Waals surface area contributed by atoms with E-state index >= 15 is 0 Å². The molecule has 2 amide bonds. The van der Waals surface area contributed by atoms with Crippen LogP contribution >= 0.6 is 0 Å². The number of ether oxygens (including phenoxy) is 1. The first-order valence-corrected chi connectivity index (χ1v) is 9.57. The number of aryl methyl sites for hydroxylation is 1. The van der Waals surface area contributed by atoms with Crippen LogP contribution in [0.15, 0.2) is 30.5 Å². The van der Waals surface area contributed by atoms with Crippen molar-refractivity contribution in [2.24, 2.45) is 0 Å². The zero-order valence-corrected chi connectivity index (χ0v) is 16.2. The lowest BCUT2D eigenvalue weighted by Crippen LogP contribution is -2.51. The maximum absolute atomic E-state index is 12.5. The van der Waals surface area contributed by atoms with Crippen molar-refractivity contribution in [3.63, 3.8) is 0 Å². The summed E-state index contributed by atoms with van der Waals surface area (Å²) in [4.78, 5) is 42.6. The van der Waals surface area contributed by atoms with Crippen molar-refractivity contribution in [2.45, 2.75) is 6.92 Å². The monoisotopic (exact) mass is 397 g/mol. The van der Waals surface area contributed by atoms with Gasteiger partial charge >= 0.3 is 6.09 Å². The van der Waals surface area contributed by atoms with Gasteiger partial charge in [0.05, 0.1) is 6.54 Å². The van der Waals surface area contributed by atoms with Crippen LogP contribution in [-0.4, -0.2) is 82.6 Å². The first-order valence-electron chi connectivity index (χ1n) is 9.57. The van der Waals surface area contributed by atoms with Crippen LogP contribution in [0.3, 0.4) is 0 Å². The fourth-order valence-electron chi connectivity index (χ4n) is 3.36. The summed E-state index contributed by atoms with van der Waals surface area (Å²) in [5.41, 5.74) is 0. The number of amides is 2. The van der Waals surface area contributed by atoms with E-state index in [-0.39, 0.29) is 12.5 Å². The number of aromatic nitrogens is 3. The van der Waals surface area contributed by atoms with E-state index in [0.29, 0.717) is 56.8 Å². The molecule has 2 aromatic rings. The predicted octanol–water partition coefficient (Wildman–Crippen LogP) is 1.02. The standard InChI is InChI=1S/C19H23N7O3/c1-14-21-16(23-15-4-2-3-5-20-15)12-17(22-14)24-6-8-25(9-7-24)18(27)13-26-10-11-29-19(26)28/h2-5,12H,6-11,13H2,1H3,(H,20,21,22,23). The highest BCUT2D eigenvalue weighted by Gasteiger charge is 2.28. The maximum atomic E-state index is 12.5. The molecule has 29 heavy (non-hydrogen) atoms. The Kier molecular flexibility index (Phi) is 5.41. The summed E-state index contributed by atoms with van der Waals surface area (Å²) in [6.45, 7) is 5.22. The van der Waals surface area contributed by atoms with E-state index in [1.54, 1.807) is 11.1 Å². The highest BCUT2D eigenvalue weighted by atomic mass is 16.6. The molecule has 0 bridgehead atoms. The topological polar surface area (TPSA) is 104 Å². The molecule has 0 spiro atoms. The lowest BCUT2D eigenvalue weighted by Gasteiger charge is -2.36. The fourth-order valence-corrected chi connectivity index (χ4v) is 3.36. The highest BCUT2D eigenvalue weighted by Crippen LogP contribution is 2.20. The molecule has 2 aliphatic heterocycles. The van der Waals surface area contributed by atoms with Crippen LogP contribution in [0.5, 0.6) is 0 Å². The van der Waals surface area contributed by atoms with E-state index in [2.05, 4.69) is 25.2 Å². The minimum absolute atomic E-state index is 0.0557. The number of nitrogens with one attached hydrogen (secondary N) is 1. The number of hydrogen-bond acceptors (Lipinski definition) is 8. The van der Waals surface area contributed by atoms with Gasteiger partial charge in [-0.1, -0.05) is 6.07 Å². The molecular weight excluding hydrogens is 374 g/mol. The Balaban J connectivity index is 1.36. The lowest BCUT2D eigenvalue weighted by molar-refractivity contribution is -0.132. The quantitative estimate of drug-likeness (QED) is 0.798. The first-order chi connectivity index (χ1) is 14.1. The predicted molar refractivity (Wildman–Crippen MR) is 106 cm³/mol. The molecular formula is C19H23N7O3. The van der Waals surface area contributed by atoms with Crippen LogP contribution in [0.25, 0.3) is 0 Å². The molecule has 2 aliphatic rings. The van der Waals surface area contributed by atoms with E-state index in [4.69, 9.17) is 4.74 Å².